The Kier molecular flexibility index (Phi) is 5.44. The van der Waals surface area contributed by atoms with Gasteiger partial charge in [0.15, 0.2) is 0 Å². The van der Waals surface area contributed by atoms with E-state index < -0.39 is 5.54 Å². The number of ether oxygens (including phenoxy) is 1. The van der Waals surface area contributed by atoms with E-state index in [1.807, 2.05) is 30.3 Å². The van der Waals surface area contributed by atoms with Crippen LogP contribution in [0.25, 0.3) is 0 Å². The Morgan fingerprint density at radius 1 is 1.26 bits per heavy atom. The van der Waals surface area contributed by atoms with Gasteiger partial charge in [-0.2, -0.15) is 11.8 Å². The van der Waals surface area contributed by atoms with Gasteiger partial charge in [-0.05, 0) is 17.7 Å². The largest absolute Gasteiger partial charge is 0.467 e. The van der Waals surface area contributed by atoms with Gasteiger partial charge >= 0.3 is 5.97 Å². The number of carbonyl (C=O) groups is 1. The van der Waals surface area contributed by atoms with Crippen LogP contribution in [0.5, 0.6) is 0 Å². The highest BCUT2D eigenvalue weighted by atomic mass is 32.2. The SMILES string of the molecule is COC(=O)C(N)(CCSC(C)(C)C)c1ccccc1. The Morgan fingerprint density at radius 2 is 1.84 bits per heavy atom. The van der Waals surface area contributed by atoms with Crippen LogP contribution in [-0.4, -0.2) is 23.6 Å². The van der Waals surface area contributed by atoms with Crippen LogP contribution in [-0.2, 0) is 15.1 Å². The first-order chi connectivity index (χ1) is 8.79. The molecule has 0 radical (unpaired) electrons. The number of thioether (sulfide) groups is 1. The summed E-state index contributed by atoms with van der Waals surface area (Å²) < 4.78 is 5.04. The van der Waals surface area contributed by atoms with Crippen molar-refractivity contribution in [3.63, 3.8) is 0 Å². The number of carbonyl (C=O) groups excluding carboxylic acids is 1. The molecule has 2 N–H and O–H groups in total. The van der Waals surface area contributed by atoms with E-state index in [4.69, 9.17) is 10.5 Å². The summed E-state index contributed by atoms with van der Waals surface area (Å²) in [6, 6.07) is 9.43. The Bertz CT molecular complexity index is 414. The zero-order valence-corrected chi connectivity index (χ0v) is 12.9. The lowest BCUT2D eigenvalue weighted by molar-refractivity contribution is -0.147. The highest BCUT2D eigenvalue weighted by molar-refractivity contribution is 8.00. The van der Waals surface area contributed by atoms with Crippen molar-refractivity contribution in [2.75, 3.05) is 12.9 Å². The van der Waals surface area contributed by atoms with Crippen molar-refractivity contribution >= 4 is 17.7 Å². The molecule has 0 aliphatic carbocycles. The molecule has 0 saturated carbocycles. The molecule has 0 fully saturated rings. The molecule has 0 spiro atoms. The van der Waals surface area contributed by atoms with Crippen molar-refractivity contribution in [1.82, 2.24) is 0 Å². The molecule has 0 amide bonds. The van der Waals surface area contributed by atoms with E-state index in [9.17, 15) is 4.79 Å². The fraction of sp³-hybridized carbons (Fsp3) is 0.533. The predicted octanol–water partition coefficient (Wildman–Crippen LogP) is 2.94. The minimum Gasteiger partial charge on any atom is -0.467 e. The number of hydrogen-bond acceptors (Lipinski definition) is 4. The number of rotatable bonds is 5. The maximum Gasteiger partial charge on any atom is 0.330 e. The zero-order chi connectivity index (χ0) is 14.5. The number of methoxy groups -OCH3 is 1. The average Bonchev–Trinajstić information content (AvgIpc) is 2.37. The van der Waals surface area contributed by atoms with E-state index in [1.165, 1.54) is 7.11 Å². The molecule has 0 saturated heterocycles. The first kappa shape index (κ1) is 16.1. The number of esters is 1. The maximum atomic E-state index is 12.0. The van der Waals surface area contributed by atoms with Crippen LogP contribution in [0.15, 0.2) is 30.3 Å². The molecule has 1 atom stereocenters. The van der Waals surface area contributed by atoms with Gasteiger partial charge in [-0.3, -0.25) is 0 Å². The van der Waals surface area contributed by atoms with Gasteiger partial charge in [0.2, 0.25) is 0 Å². The molecular formula is C15H23NO2S. The lowest BCUT2D eigenvalue weighted by Gasteiger charge is -2.28. The van der Waals surface area contributed by atoms with Gasteiger partial charge in [-0.25, -0.2) is 4.79 Å². The lowest BCUT2D eigenvalue weighted by Crippen LogP contribution is -2.46. The molecule has 3 nitrogen and oxygen atoms in total. The third kappa shape index (κ3) is 4.55. The lowest BCUT2D eigenvalue weighted by atomic mass is 9.88. The van der Waals surface area contributed by atoms with E-state index in [1.54, 1.807) is 11.8 Å². The molecule has 0 bridgehead atoms. The van der Waals surface area contributed by atoms with Crippen LogP contribution in [0, 0.1) is 0 Å². The second-order valence-corrected chi connectivity index (χ2v) is 7.46. The first-order valence-electron chi connectivity index (χ1n) is 6.36. The summed E-state index contributed by atoms with van der Waals surface area (Å²) in [5, 5.41) is 0. The van der Waals surface area contributed by atoms with Crippen molar-refractivity contribution in [2.24, 2.45) is 5.73 Å². The summed E-state index contributed by atoms with van der Waals surface area (Å²) in [6.07, 6.45) is 0.561. The topological polar surface area (TPSA) is 52.3 Å². The second-order valence-electron chi connectivity index (χ2n) is 5.54. The van der Waals surface area contributed by atoms with Crippen molar-refractivity contribution in [3.8, 4) is 0 Å². The molecule has 4 heteroatoms. The van der Waals surface area contributed by atoms with Crippen molar-refractivity contribution in [1.29, 1.82) is 0 Å². The minimum atomic E-state index is -1.06. The summed E-state index contributed by atoms with van der Waals surface area (Å²) in [4.78, 5) is 12.0. The Morgan fingerprint density at radius 3 is 2.32 bits per heavy atom. The van der Waals surface area contributed by atoms with Gasteiger partial charge in [0, 0.05) is 4.75 Å². The smallest absolute Gasteiger partial charge is 0.330 e. The highest BCUT2D eigenvalue weighted by Gasteiger charge is 2.37. The van der Waals surface area contributed by atoms with Crippen LogP contribution in [0.2, 0.25) is 0 Å². The molecule has 1 aromatic carbocycles. The van der Waals surface area contributed by atoms with E-state index >= 15 is 0 Å². The second kappa shape index (κ2) is 6.44. The Balaban J connectivity index is 2.86. The molecule has 1 unspecified atom stereocenters. The number of nitrogens with two attached hydrogens (primary N) is 1. The third-order valence-corrected chi connectivity index (χ3v) is 4.14. The summed E-state index contributed by atoms with van der Waals surface area (Å²) >= 11 is 1.80. The van der Waals surface area contributed by atoms with E-state index in [2.05, 4.69) is 20.8 Å². The minimum absolute atomic E-state index is 0.160. The molecule has 1 aromatic rings. The molecule has 106 valence electrons. The standard InChI is InChI=1S/C15H23NO2S/c1-14(2,3)19-11-10-15(16,13(17)18-4)12-8-6-5-7-9-12/h5-9H,10-11,16H2,1-4H3. The summed E-state index contributed by atoms with van der Waals surface area (Å²) in [5.74, 6) is 0.428. The fourth-order valence-corrected chi connectivity index (χ4v) is 2.84. The van der Waals surface area contributed by atoms with Crippen LogP contribution >= 0.6 is 11.8 Å². The summed E-state index contributed by atoms with van der Waals surface area (Å²) in [5.41, 5.74) is 6.06. The average molecular weight is 281 g/mol. The highest BCUT2D eigenvalue weighted by Crippen LogP contribution is 2.30. The summed E-state index contributed by atoms with van der Waals surface area (Å²) in [7, 11) is 1.38. The van der Waals surface area contributed by atoms with Gasteiger partial charge < -0.3 is 10.5 Å². The Labute approximate surface area is 119 Å². The quantitative estimate of drug-likeness (QED) is 0.843. The van der Waals surface area contributed by atoms with Gasteiger partial charge in [0.25, 0.3) is 0 Å². The molecule has 1 rings (SSSR count). The van der Waals surface area contributed by atoms with Gasteiger partial charge in [0.05, 0.1) is 7.11 Å². The Hall–Kier alpha value is -1.00. The monoisotopic (exact) mass is 281 g/mol. The first-order valence-corrected chi connectivity index (χ1v) is 7.35. The normalized spacial score (nSPS) is 14.8. The van der Waals surface area contributed by atoms with E-state index in [0.717, 1.165) is 11.3 Å². The van der Waals surface area contributed by atoms with Crippen LogP contribution < -0.4 is 5.73 Å². The van der Waals surface area contributed by atoms with Crippen LogP contribution in [0.4, 0.5) is 0 Å². The predicted molar refractivity (Wildman–Crippen MR) is 81.2 cm³/mol. The fourth-order valence-electron chi connectivity index (χ4n) is 1.80. The van der Waals surface area contributed by atoms with Crippen molar-refractivity contribution in [2.45, 2.75) is 37.5 Å². The van der Waals surface area contributed by atoms with E-state index in [-0.39, 0.29) is 10.7 Å². The molecule has 0 aliphatic rings. The van der Waals surface area contributed by atoms with Crippen LogP contribution in [0.1, 0.15) is 32.8 Å². The van der Waals surface area contributed by atoms with Gasteiger partial charge in [-0.15, -0.1) is 0 Å². The third-order valence-electron chi connectivity index (χ3n) is 2.87. The zero-order valence-electron chi connectivity index (χ0n) is 12.1. The maximum absolute atomic E-state index is 12.0. The van der Waals surface area contributed by atoms with Crippen LogP contribution in [0.3, 0.4) is 0 Å². The number of benzene rings is 1. The number of hydrogen-bond donors (Lipinski definition) is 1. The summed E-state index contributed by atoms with van der Waals surface area (Å²) in [6.45, 7) is 6.45. The molecule has 0 aromatic heterocycles. The molecular weight excluding hydrogens is 258 g/mol. The van der Waals surface area contributed by atoms with Crippen molar-refractivity contribution in [3.05, 3.63) is 35.9 Å². The molecule has 19 heavy (non-hydrogen) atoms. The van der Waals surface area contributed by atoms with E-state index in [0.29, 0.717) is 6.42 Å². The van der Waals surface area contributed by atoms with Crippen molar-refractivity contribution < 1.29 is 9.53 Å². The van der Waals surface area contributed by atoms with Gasteiger partial charge in [0.1, 0.15) is 5.54 Å². The molecule has 0 heterocycles. The van der Waals surface area contributed by atoms with Gasteiger partial charge in [-0.1, -0.05) is 51.1 Å². The molecule has 0 aliphatic heterocycles.